The molecule has 0 N–H and O–H groups in total. The van der Waals surface area contributed by atoms with Gasteiger partial charge in [0.25, 0.3) is 0 Å². The second-order valence-corrected chi connectivity index (χ2v) is 6.56. The Morgan fingerprint density at radius 1 is 0.955 bits per heavy atom. The van der Waals surface area contributed by atoms with Gasteiger partial charge in [0.1, 0.15) is 5.60 Å². The second kappa shape index (κ2) is 5.28. The van der Waals surface area contributed by atoms with Gasteiger partial charge in [-0.3, -0.25) is 4.79 Å². The van der Waals surface area contributed by atoms with Crippen LogP contribution in [0.15, 0.2) is 60.7 Å². The number of hydrogen-bond acceptors (Lipinski definition) is 2. The fourth-order valence-electron chi connectivity index (χ4n) is 4.21. The summed E-state index contributed by atoms with van der Waals surface area (Å²) in [5.74, 6) is 0.778. The van der Waals surface area contributed by atoms with E-state index in [0.29, 0.717) is 18.3 Å². The molecule has 0 amide bonds. The van der Waals surface area contributed by atoms with Gasteiger partial charge in [-0.05, 0) is 42.2 Å². The molecule has 2 aliphatic heterocycles. The summed E-state index contributed by atoms with van der Waals surface area (Å²) in [6.07, 6.45) is 3.45. The fraction of sp³-hybridized carbons (Fsp3) is 0.350. The number of carbonyl (C=O) groups excluding carboxylic acids is 1. The lowest BCUT2D eigenvalue weighted by molar-refractivity contribution is -0.159. The quantitative estimate of drug-likeness (QED) is 0.766. The van der Waals surface area contributed by atoms with E-state index in [1.165, 1.54) is 5.56 Å². The number of ether oxygens (including phenoxy) is 1. The minimum absolute atomic E-state index is 0.0372. The minimum Gasteiger partial charge on any atom is -0.454 e. The molecule has 3 atom stereocenters. The number of fused-ring (bicyclic) bond motifs is 4. The molecule has 2 heteroatoms. The fourth-order valence-corrected chi connectivity index (χ4v) is 4.21. The van der Waals surface area contributed by atoms with E-state index in [0.717, 1.165) is 24.8 Å². The highest BCUT2D eigenvalue weighted by Crippen LogP contribution is 2.53. The van der Waals surface area contributed by atoms with Gasteiger partial charge in [0.2, 0.25) is 0 Å². The molecule has 3 unspecified atom stereocenters. The first kappa shape index (κ1) is 13.6. The summed E-state index contributed by atoms with van der Waals surface area (Å²) in [7, 11) is 0. The van der Waals surface area contributed by atoms with Gasteiger partial charge < -0.3 is 4.74 Å². The minimum atomic E-state index is -0.439. The highest BCUT2D eigenvalue weighted by atomic mass is 16.6. The number of hydrogen-bond donors (Lipinski definition) is 0. The molecule has 0 aromatic heterocycles. The lowest BCUT2D eigenvalue weighted by Gasteiger charge is -2.40. The van der Waals surface area contributed by atoms with Crippen LogP contribution in [0, 0.1) is 5.92 Å². The Morgan fingerprint density at radius 3 is 2.36 bits per heavy atom. The zero-order chi connectivity index (χ0) is 15.0. The Labute approximate surface area is 131 Å². The Morgan fingerprint density at radius 2 is 1.64 bits per heavy atom. The molecule has 1 aliphatic carbocycles. The van der Waals surface area contributed by atoms with E-state index < -0.39 is 5.60 Å². The van der Waals surface area contributed by atoms with Gasteiger partial charge in [-0.25, -0.2) is 0 Å². The maximum Gasteiger partial charge on any atom is 0.306 e. The molecule has 3 fully saturated rings. The van der Waals surface area contributed by atoms with Crippen molar-refractivity contribution >= 4 is 5.97 Å². The second-order valence-electron chi connectivity index (χ2n) is 6.56. The molecule has 112 valence electrons. The van der Waals surface area contributed by atoms with Crippen molar-refractivity contribution in [1.82, 2.24) is 0 Å². The summed E-state index contributed by atoms with van der Waals surface area (Å²) in [6.45, 7) is 0. The normalized spacial score (nSPS) is 30.6. The van der Waals surface area contributed by atoms with E-state index in [1.54, 1.807) is 0 Å². The van der Waals surface area contributed by atoms with Crippen LogP contribution in [0.5, 0.6) is 0 Å². The number of esters is 1. The summed E-state index contributed by atoms with van der Waals surface area (Å²) < 4.78 is 5.99. The van der Waals surface area contributed by atoms with E-state index in [9.17, 15) is 4.79 Å². The average molecular weight is 292 g/mol. The SMILES string of the molecule is O=C1CC2CCC(c3ccccc3)(CC2c2ccccc2)O1. The molecule has 0 radical (unpaired) electrons. The van der Waals surface area contributed by atoms with Crippen molar-refractivity contribution in [2.45, 2.75) is 37.2 Å². The van der Waals surface area contributed by atoms with Crippen LogP contribution in [-0.4, -0.2) is 5.97 Å². The molecule has 3 aliphatic rings. The highest BCUT2D eigenvalue weighted by Gasteiger charge is 2.49. The van der Waals surface area contributed by atoms with Gasteiger partial charge >= 0.3 is 5.97 Å². The summed E-state index contributed by atoms with van der Waals surface area (Å²) in [5, 5.41) is 0. The molecule has 22 heavy (non-hydrogen) atoms. The molecule has 0 spiro atoms. The third kappa shape index (κ3) is 2.23. The average Bonchev–Trinajstić information content (AvgIpc) is 2.83. The third-order valence-electron chi connectivity index (χ3n) is 5.30. The van der Waals surface area contributed by atoms with Gasteiger partial charge in [-0.2, -0.15) is 0 Å². The van der Waals surface area contributed by atoms with E-state index in [1.807, 2.05) is 24.3 Å². The maximum atomic E-state index is 12.3. The molecule has 2 heterocycles. The smallest absolute Gasteiger partial charge is 0.306 e. The Kier molecular flexibility index (Phi) is 3.25. The van der Waals surface area contributed by atoms with E-state index in [2.05, 4.69) is 36.4 Å². The zero-order valence-corrected chi connectivity index (χ0v) is 12.6. The van der Waals surface area contributed by atoms with E-state index in [-0.39, 0.29) is 5.97 Å². The number of carbonyl (C=O) groups is 1. The molecule has 5 rings (SSSR count). The van der Waals surface area contributed by atoms with Gasteiger partial charge in [-0.1, -0.05) is 60.7 Å². The van der Waals surface area contributed by atoms with E-state index in [4.69, 9.17) is 4.74 Å². The van der Waals surface area contributed by atoms with Crippen LogP contribution in [0.2, 0.25) is 0 Å². The summed E-state index contributed by atoms with van der Waals surface area (Å²) in [5.41, 5.74) is 2.04. The zero-order valence-electron chi connectivity index (χ0n) is 12.6. The Hall–Kier alpha value is -2.09. The summed E-state index contributed by atoms with van der Waals surface area (Å²) >= 11 is 0. The predicted octanol–water partition coefficient (Wildman–Crippen LogP) is 4.41. The largest absolute Gasteiger partial charge is 0.454 e. The monoisotopic (exact) mass is 292 g/mol. The maximum absolute atomic E-state index is 12.3. The van der Waals surface area contributed by atoms with Crippen molar-refractivity contribution in [2.75, 3.05) is 0 Å². The number of rotatable bonds is 2. The van der Waals surface area contributed by atoms with E-state index >= 15 is 0 Å². The molecular weight excluding hydrogens is 272 g/mol. The molecule has 2 aromatic rings. The third-order valence-corrected chi connectivity index (χ3v) is 5.30. The van der Waals surface area contributed by atoms with Crippen molar-refractivity contribution < 1.29 is 9.53 Å². The first-order valence-corrected chi connectivity index (χ1v) is 8.09. The van der Waals surface area contributed by atoms with Crippen molar-refractivity contribution in [3.05, 3.63) is 71.8 Å². The highest BCUT2D eigenvalue weighted by molar-refractivity contribution is 5.71. The van der Waals surface area contributed by atoms with Crippen molar-refractivity contribution in [3.8, 4) is 0 Å². The first-order chi connectivity index (χ1) is 10.8. The molecule has 2 bridgehead atoms. The van der Waals surface area contributed by atoms with Crippen LogP contribution in [0.3, 0.4) is 0 Å². The number of benzene rings is 2. The van der Waals surface area contributed by atoms with Crippen LogP contribution in [0.25, 0.3) is 0 Å². The Bertz CT molecular complexity index is 665. The van der Waals surface area contributed by atoms with Crippen LogP contribution in [-0.2, 0) is 15.1 Å². The van der Waals surface area contributed by atoms with Crippen molar-refractivity contribution in [1.29, 1.82) is 0 Å². The predicted molar refractivity (Wildman–Crippen MR) is 85.4 cm³/mol. The topological polar surface area (TPSA) is 26.3 Å². The molecule has 2 saturated heterocycles. The lowest BCUT2D eigenvalue weighted by atomic mass is 9.67. The van der Waals surface area contributed by atoms with Gasteiger partial charge in [0.15, 0.2) is 0 Å². The van der Waals surface area contributed by atoms with Gasteiger partial charge in [0, 0.05) is 6.42 Å². The van der Waals surface area contributed by atoms with Crippen LogP contribution in [0.1, 0.15) is 42.7 Å². The van der Waals surface area contributed by atoms with Crippen LogP contribution < -0.4 is 0 Å². The molecule has 2 nitrogen and oxygen atoms in total. The van der Waals surface area contributed by atoms with Gasteiger partial charge in [0.05, 0.1) is 0 Å². The van der Waals surface area contributed by atoms with Crippen LogP contribution in [0.4, 0.5) is 0 Å². The molecule has 2 aromatic carbocycles. The summed E-state index contributed by atoms with van der Waals surface area (Å²) in [4.78, 5) is 12.3. The first-order valence-electron chi connectivity index (χ1n) is 8.09. The lowest BCUT2D eigenvalue weighted by Crippen LogP contribution is -2.35. The molecule has 1 saturated carbocycles. The van der Waals surface area contributed by atoms with Crippen LogP contribution >= 0.6 is 0 Å². The standard InChI is InChI=1S/C20H20O2/c21-19-13-16-11-12-20(22-19,17-9-5-2-6-10-17)14-18(16)15-7-3-1-4-8-15/h1-10,16,18H,11-14H2. The van der Waals surface area contributed by atoms with Crippen molar-refractivity contribution in [3.63, 3.8) is 0 Å². The van der Waals surface area contributed by atoms with Crippen molar-refractivity contribution in [2.24, 2.45) is 5.92 Å². The summed E-state index contributed by atoms with van der Waals surface area (Å²) in [6, 6.07) is 20.9. The Balaban J connectivity index is 1.77. The van der Waals surface area contributed by atoms with Gasteiger partial charge in [-0.15, -0.1) is 0 Å². The molecular formula is C20H20O2.